The molecule has 1 aliphatic heterocycles. The average molecular weight is 274 g/mol. The van der Waals surface area contributed by atoms with E-state index in [1.165, 1.54) is 18.5 Å². The largest absolute Gasteiger partial charge is 0.289 e. The van der Waals surface area contributed by atoms with Gasteiger partial charge in [-0.25, -0.2) is 0 Å². The molecule has 0 aliphatic carbocycles. The first-order valence-corrected chi connectivity index (χ1v) is 7.31. The highest BCUT2D eigenvalue weighted by Crippen LogP contribution is 2.32. The van der Waals surface area contributed by atoms with Crippen LogP contribution in [-0.4, -0.2) is 36.2 Å². The van der Waals surface area contributed by atoms with Crippen molar-refractivity contribution in [1.29, 1.82) is 0 Å². The van der Waals surface area contributed by atoms with Crippen LogP contribution in [0.25, 0.3) is 0 Å². The Bertz CT molecular complexity index is 584. The highest BCUT2D eigenvalue weighted by molar-refractivity contribution is 5.12. The molecule has 0 aromatic carbocycles. The monoisotopic (exact) mass is 274 g/mol. The number of hydrogen-bond donors (Lipinski definition) is 0. The summed E-state index contributed by atoms with van der Waals surface area (Å²) in [7, 11) is 2.02. The molecule has 0 saturated carbocycles. The van der Waals surface area contributed by atoms with Crippen LogP contribution in [0.15, 0.2) is 12.3 Å². The van der Waals surface area contributed by atoms with Gasteiger partial charge in [-0.1, -0.05) is 0 Å². The first-order valence-electron chi connectivity index (χ1n) is 7.31. The Balaban J connectivity index is 1.79. The van der Waals surface area contributed by atoms with E-state index in [1.54, 1.807) is 4.80 Å². The van der Waals surface area contributed by atoms with Crippen LogP contribution in [-0.2, 0) is 20.1 Å². The summed E-state index contributed by atoms with van der Waals surface area (Å²) in [6, 6.07) is 2.58. The van der Waals surface area contributed by atoms with Gasteiger partial charge in [-0.05, 0) is 39.3 Å². The molecule has 0 radical (unpaired) electrons. The number of aryl methyl sites for hydroxylation is 3. The lowest BCUT2D eigenvalue weighted by molar-refractivity contribution is 0.235. The van der Waals surface area contributed by atoms with E-state index in [0.29, 0.717) is 6.04 Å². The summed E-state index contributed by atoms with van der Waals surface area (Å²) < 4.78 is 1.98. The van der Waals surface area contributed by atoms with E-state index in [-0.39, 0.29) is 0 Å². The van der Waals surface area contributed by atoms with E-state index in [9.17, 15) is 0 Å². The third-order valence-electron chi connectivity index (χ3n) is 4.12. The van der Waals surface area contributed by atoms with E-state index < -0.39 is 0 Å². The van der Waals surface area contributed by atoms with Crippen molar-refractivity contribution >= 4 is 0 Å². The summed E-state index contributed by atoms with van der Waals surface area (Å²) in [5, 5.41) is 13.3. The second-order valence-corrected chi connectivity index (χ2v) is 5.43. The zero-order chi connectivity index (χ0) is 14.1. The molecule has 1 aliphatic rings. The van der Waals surface area contributed by atoms with Gasteiger partial charge in [0, 0.05) is 19.8 Å². The second-order valence-electron chi connectivity index (χ2n) is 5.43. The fourth-order valence-electron chi connectivity index (χ4n) is 3.01. The van der Waals surface area contributed by atoms with Crippen LogP contribution in [0, 0.1) is 6.92 Å². The van der Waals surface area contributed by atoms with E-state index >= 15 is 0 Å². The van der Waals surface area contributed by atoms with Gasteiger partial charge in [0.15, 0.2) is 0 Å². The summed E-state index contributed by atoms with van der Waals surface area (Å²) in [5.41, 5.74) is 3.44. The third kappa shape index (κ3) is 2.35. The lowest BCUT2D eigenvalue weighted by Gasteiger charge is -2.23. The molecular formula is C14H22N6. The van der Waals surface area contributed by atoms with Gasteiger partial charge >= 0.3 is 0 Å². The van der Waals surface area contributed by atoms with Gasteiger partial charge in [0.2, 0.25) is 0 Å². The first kappa shape index (κ1) is 13.3. The predicted octanol–water partition coefficient (Wildman–Crippen LogP) is 1.68. The molecule has 1 fully saturated rings. The molecule has 0 amide bonds. The van der Waals surface area contributed by atoms with Gasteiger partial charge in [0.25, 0.3) is 0 Å². The summed E-state index contributed by atoms with van der Waals surface area (Å²) in [5.74, 6) is 0. The smallest absolute Gasteiger partial charge is 0.0996 e. The maximum atomic E-state index is 4.57. The van der Waals surface area contributed by atoms with Crippen LogP contribution < -0.4 is 0 Å². The van der Waals surface area contributed by atoms with Crippen molar-refractivity contribution in [2.75, 3.05) is 6.54 Å². The molecule has 3 rings (SSSR count). The third-order valence-corrected chi connectivity index (χ3v) is 4.12. The summed E-state index contributed by atoms with van der Waals surface area (Å²) in [6.45, 7) is 6.93. The highest BCUT2D eigenvalue weighted by Gasteiger charge is 2.29. The number of aromatic nitrogens is 5. The molecule has 0 N–H and O–H groups in total. The van der Waals surface area contributed by atoms with Crippen molar-refractivity contribution in [2.24, 2.45) is 7.05 Å². The SMILES string of the molecule is CCn1nc(C)c(CN2CCC[C@H]2c2ccnn2C)n1. The topological polar surface area (TPSA) is 51.8 Å². The van der Waals surface area contributed by atoms with E-state index in [0.717, 1.165) is 31.0 Å². The number of hydrogen-bond acceptors (Lipinski definition) is 4. The minimum absolute atomic E-state index is 0.452. The fourth-order valence-corrected chi connectivity index (χ4v) is 3.01. The standard InChI is InChI=1S/C14H22N6/c1-4-20-16-11(2)12(17-20)10-19-9-5-6-14(19)13-7-8-15-18(13)3/h7-8,14H,4-6,9-10H2,1-3H3/t14-/m0/s1. The van der Waals surface area contributed by atoms with Gasteiger partial charge in [0.1, 0.15) is 0 Å². The average Bonchev–Trinajstić information content (AvgIpc) is 3.12. The summed E-state index contributed by atoms with van der Waals surface area (Å²) in [6.07, 6.45) is 4.31. The number of likely N-dealkylation sites (tertiary alicyclic amines) is 1. The molecule has 1 saturated heterocycles. The van der Waals surface area contributed by atoms with Crippen molar-refractivity contribution < 1.29 is 0 Å². The number of rotatable bonds is 4. The minimum atomic E-state index is 0.452. The highest BCUT2D eigenvalue weighted by atomic mass is 15.5. The fraction of sp³-hybridized carbons (Fsp3) is 0.643. The van der Waals surface area contributed by atoms with Crippen LogP contribution >= 0.6 is 0 Å². The normalized spacial score (nSPS) is 19.9. The molecule has 20 heavy (non-hydrogen) atoms. The Labute approximate surface area is 119 Å². The van der Waals surface area contributed by atoms with Crippen molar-refractivity contribution in [3.63, 3.8) is 0 Å². The lowest BCUT2D eigenvalue weighted by Crippen LogP contribution is -2.25. The van der Waals surface area contributed by atoms with Crippen molar-refractivity contribution in [3.8, 4) is 0 Å². The Morgan fingerprint density at radius 3 is 2.85 bits per heavy atom. The maximum Gasteiger partial charge on any atom is 0.0996 e. The Morgan fingerprint density at radius 2 is 2.20 bits per heavy atom. The molecule has 0 spiro atoms. The van der Waals surface area contributed by atoms with Crippen molar-refractivity contribution in [3.05, 3.63) is 29.3 Å². The molecule has 6 nitrogen and oxygen atoms in total. The molecule has 1 atom stereocenters. The maximum absolute atomic E-state index is 4.57. The van der Waals surface area contributed by atoms with Crippen LogP contribution in [0.2, 0.25) is 0 Å². The molecule has 2 aromatic heterocycles. The Hall–Kier alpha value is -1.69. The van der Waals surface area contributed by atoms with Gasteiger partial charge in [-0.2, -0.15) is 20.1 Å². The van der Waals surface area contributed by atoms with Gasteiger partial charge < -0.3 is 0 Å². The van der Waals surface area contributed by atoms with E-state index in [4.69, 9.17) is 0 Å². The number of nitrogens with zero attached hydrogens (tertiary/aromatic N) is 6. The van der Waals surface area contributed by atoms with Crippen molar-refractivity contribution in [2.45, 2.75) is 45.8 Å². The Kier molecular flexibility index (Phi) is 3.56. The van der Waals surface area contributed by atoms with Crippen LogP contribution in [0.4, 0.5) is 0 Å². The van der Waals surface area contributed by atoms with E-state index in [2.05, 4.69) is 33.2 Å². The zero-order valence-corrected chi connectivity index (χ0v) is 12.5. The van der Waals surface area contributed by atoms with Crippen molar-refractivity contribution in [1.82, 2.24) is 29.7 Å². The summed E-state index contributed by atoms with van der Waals surface area (Å²) >= 11 is 0. The minimum Gasteiger partial charge on any atom is -0.289 e. The first-order chi connectivity index (χ1) is 9.69. The zero-order valence-electron chi connectivity index (χ0n) is 12.5. The van der Waals surface area contributed by atoms with Crippen LogP contribution in [0.3, 0.4) is 0 Å². The Morgan fingerprint density at radius 1 is 1.35 bits per heavy atom. The van der Waals surface area contributed by atoms with E-state index in [1.807, 2.05) is 24.9 Å². The van der Waals surface area contributed by atoms with Gasteiger partial charge in [-0.15, -0.1) is 0 Å². The lowest BCUT2D eigenvalue weighted by atomic mass is 10.1. The molecule has 0 bridgehead atoms. The summed E-state index contributed by atoms with van der Waals surface area (Å²) in [4.78, 5) is 4.27. The molecule has 3 heterocycles. The predicted molar refractivity (Wildman–Crippen MR) is 76.0 cm³/mol. The van der Waals surface area contributed by atoms with Gasteiger partial charge in [0.05, 0.1) is 29.7 Å². The van der Waals surface area contributed by atoms with Crippen LogP contribution in [0.5, 0.6) is 0 Å². The molecule has 0 unspecified atom stereocenters. The molecular weight excluding hydrogens is 252 g/mol. The van der Waals surface area contributed by atoms with Gasteiger partial charge in [-0.3, -0.25) is 9.58 Å². The molecule has 108 valence electrons. The molecule has 6 heteroatoms. The van der Waals surface area contributed by atoms with Crippen LogP contribution in [0.1, 0.15) is 42.9 Å². The quantitative estimate of drug-likeness (QED) is 0.851. The second kappa shape index (κ2) is 5.36. The molecule has 2 aromatic rings.